The van der Waals surface area contributed by atoms with Crippen LogP contribution in [0.4, 0.5) is 0 Å². The second kappa shape index (κ2) is 10.4. The molecule has 1 aromatic carbocycles. The van der Waals surface area contributed by atoms with Gasteiger partial charge < -0.3 is 9.47 Å². The van der Waals surface area contributed by atoms with Crippen LogP contribution < -0.4 is 19.6 Å². The standard InChI is InChI=1S/C25H24ClN3O4S/c1-4-6-18-21(24(31)33-5-2)22(17-14-16(26)7-8-19(17)32-3)29-23(30)20(34-25(29)28-18)13-15-9-11-27-12-10-15/h7-14,22H,4-6H2,1-3H3/b20-13+/t22-/m0/s1. The van der Waals surface area contributed by atoms with E-state index in [4.69, 9.17) is 26.1 Å². The van der Waals surface area contributed by atoms with Gasteiger partial charge in [-0.3, -0.25) is 14.3 Å². The van der Waals surface area contributed by atoms with Gasteiger partial charge in [0.05, 0.1) is 29.5 Å². The molecule has 0 saturated heterocycles. The van der Waals surface area contributed by atoms with E-state index in [0.717, 1.165) is 12.0 Å². The average Bonchev–Trinajstić information content (AvgIpc) is 3.13. The molecule has 0 fully saturated rings. The Bertz CT molecular complexity index is 1430. The van der Waals surface area contributed by atoms with Gasteiger partial charge in [0.1, 0.15) is 11.8 Å². The summed E-state index contributed by atoms with van der Waals surface area (Å²) >= 11 is 7.63. The number of ether oxygens (including phenoxy) is 2. The second-order valence-corrected chi connectivity index (χ2v) is 9.03. The predicted molar refractivity (Wildman–Crippen MR) is 132 cm³/mol. The first-order valence-corrected chi connectivity index (χ1v) is 12.1. The Morgan fingerprint density at radius 2 is 2.00 bits per heavy atom. The first kappa shape index (κ1) is 23.9. The molecule has 0 amide bonds. The summed E-state index contributed by atoms with van der Waals surface area (Å²) in [5.74, 6) is 0.00259. The maximum atomic E-state index is 13.7. The minimum Gasteiger partial charge on any atom is -0.496 e. The molecule has 34 heavy (non-hydrogen) atoms. The molecular weight excluding hydrogens is 474 g/mol. The van der Waals surface area contributed by atoms with E-state index in [1.165, 1.54) is 15.9 Å². The molecule has 7 nitrogen and oxygen atoms in total. The zero-order chi connectivity index (χ0) is 24.2. The lowest BCUT2D eigenvalue weighted by Gasteiger charge is -2.27. The summed E-state index contributed by atoms with van der Waals surface area (Å²) in [6.45, 7) is 3.96. The molecule has 0 unspecified atom stereocenters. The number of carbonyl (C=O) groups is 1. The zero-order valence-electron chi connectivity index (χ0n) is 19.1. The first-order chi connectivity index (χ1) is 16.5. The van der Waals surface area contributed by atoms with Crippen molar-refractivity contribution in [3.63, 3.8) is 0 Å². The van der Waals surface area contributed by atoms with Crippen LogP contribution in [0, 0.1) is 0 Å². The van der Waals surface area contributed by atoms with Crippen LogP contribution in [0.1, 0.15) is 43.9 Å². The molecule has 1 atom stereocenters. The predicted octanol–water partition coefficient (Wildman–Crippen LogP) is 3.64. The Balaban J connectivity index is 2.06. The van der Waals surface area contributed by atoms with Crippen LogP contribution in [0.15, 0.2) is 63.8 Å². The summed E-state index contributed by atoms with van der Waals surface area (Å²) in [5, 5.41) is 0.465. The van der Waals surface area contributed by atoms with Gasteiger partial charge in [0.25, 0.3) is 5.56 Å². The number of fused-ring (bicyclic) bond motifs is 1. The van der Waals surface area contributed by atoms with Gasteiger partial charge in [-0.15, -0.1) is 0 Å². The lowest BCUT2D eigenvalue weighted by molar-refractivity contribution is -0.139. The smallest absolute Gasteiger partial charge is 0.338 e. The van der Waals surface area contributed by atoms with Crippen LogP contribution in [0.2, 0.25) is 5.02 Å². The molecule has 3 heterocycles. The lowest BCUT2D eigenvalue weighted by Crippen LogP contribution is -2.40. The fourth-order valence-corrected chi connectivity index (χ4v) is 5.15. The topological polar surface area (TPSA) is 82.8 Å². The Hall–Kier alpha value is -3.23. The highest BCUT2D eigenvalue weighted by molar-refractivity contribution is 7.07. The van der Waals surface area contributed by atoms with Crippen molar-refractivity contribution in [1.82, 2.24) is 9.55 Å². The highest BCUT2D eigenvalue weighted by Crippen LogP contribution is 2.38. The number of rotatable bonds is 7. The van der Waals surface area contributed by atoms with E-state index in [1.54, 1.807) is 50.7 Å². The third-order valence-corrected chi connectivity index (χ3v) is 6.60. The molecule has 3 aromatic rings. The Morgan fingerprint density at radius 3 is 2.68 bits per heavy atom. The van der Waals surface area contributed by atoms with E-state index < -0.39 is 12.0 Å². The molecule has 176 valence electrons. The molecule has 4 rings (SSSR count). The number of nitrogens with zero attached hydrogens (tertiary/aromatic N) is 3. The summed E-state index contributed by atoms with van der Waals surface area (Å²) < 4.78 is 13.1. The van der Waals surface area contributed by atoms with E-state index in [0.29, 0.717) is 43.4 Å². The van der Waals surface area contributed by atoms with E-state index in [1.807, 2.05) is 19.1 Å². The van der Waals surface area contributed by atoms with Gasteiger partial charge in [0.15, 0.2) is 4.80 Å². The van der Waals surface area contributed by atoms with Gasteiger partial charge in [-0.2, -0.15) is 0 Å². The largest absolute Gasteiger partial charge is 0.496 e. The van der Waals surface area contributed by atoms with Crippen LogP contribution in [0.25, 0.3) is 6.08 Å². The molecule has 1 aliphatic rings. The third kappa shape index (κ3) is 4.56. The summed E-state index contributed by atoms with van der Waals surface area (Å²) in [7, 11) is 1.54. The molecule has 0 N–H and O–H groups in total. The van der Waals surface area contributed by atoms with E-state index in [9.17, 15) is 9.59 Å². The van der Waals surface area contributed by atoms with Crippen LogP contribution in [-0.4, -0.2) is 29.2 Å². The number of benzene rings is 1. The Kier molecular flexibility index (Phi) is 7.29. The van der Waals surface area contributed by atoms with Gasteiger partial charge in [-0.05, 0) is 55.3 Å². The summed E-state index contributed by atoms with van der Waals surface area (Å²) in [6, 6.07) is 8.01. The van der Waals surface area contributed by atoms with Crippen molar-refractivity contribution in [2.75, 3.05) is 13.7 Å². The summed E-state index contributed by atoms with van der Waals surface area (Å²) in [4.78, 5) is 36.2. The minimum absolute atomic E-state index is 0.202. The molecule has 0 spiro atoms. The van der Waals surface area contributed by atoms with Crippen molar-refractivity contribution in [2.24, 2.45) is 4.99 Å². The number of hydrogen-bond acceptors (Lipinski definition) is 7. The highest BCUT2D eigenvalue weighted by Gasteiger charge is 2.36. The van der Waals surface area contributed by atoms with Crippen molar-refractivity contribution in [2.45, 2.75) is 32.7 Å². The number of aromatic nitrogens is 2. The lowest BCUT2D eigenvalue weighted by atomic mass is 9.93. The number of halogens is 1. The average molecular weight is 498 g/mol. The molecule has 0 aliphatic carbocycles. The van der Waals surface area contributed by atoms with Crippen LogP contribution in [0.5, 0.6) is 5.75 Å². The Morgan fingerprint density at radius 1 is 1.24 bits per heavy atom. The van der Waals surface area contributed by atoms with Crippen LogP contribution >= 0.6 is 22.9 Å². The van der Waals surface area contributed by atoms with Crippen molar-refractivity contribution in [3.05, 3.63) is 89.8 Å². The van der Waals surface area contributed by atoms with Crippen LogP contribution in [0.3, 0.4) is 0 Å². The van der Waals surface area contributed by atoms with Crippen molar-refractivity contribution >= 4 is 35.0 Å². The van der Waals surface area contributed by atoms with Gasteiger partial charge >= 0.3 is 5.97 Å². The molecule has 0 bridgehead atoms. The van der Waals surface area contributed by atoms with Gasteiger partial charge in [0, 0.05) is 23.0 Å². The maximum Gasteiger partial charge on any atom is 0.338 e. The van der Waals surface area contributed by atoms with Crippen molar-refractivity contribution in [1.29, 1.82) is 0 Å². The maximum absolute atomic E-state index is 13.7. The normalized spacial score (nSPS) is 15.6. The molecular formula is C25H24ClN3O4S. The second-order valence-electron chi connectivity index (χ2n) is 7.58. The van der Waals surface area contributed by atoms with Crippen LogP contribution in [-0.2, 0) is 9.53 Å². The number of pyridine rings is 1. The molecule has 2 aromatic heterocycles. The summed E-state index contributed by atoms with van der Waals surface area (Å²) in [6.07, 6.45) is 6.46. The fourth-order valence-electron chi connectivity index (χ4n) is 3.95. The Labute approximate surface area is 205 Å². The highest BCUT2D eigenvalue weighted by atomic mass is 35.5. The zero-order valence-corrected chi connectivity index (χ0v) is 20.7. The number of allylic oxidation sites excluding steroid dienone is 1. The van der Waals surface area contributed by atoms with Crippen molar-refractivity contribution in [3.8, 4) is 5.75 Å². The number of esters is 1. The van der Waals surface area contributed by atoms with Crippen molar-refractivity contribution < 1.29 is 14.3 Å². The monoisotopic (exact) mass is 497 g/mol. The molecule has 0 radical (unpaired) electrons. The fraction of sp³-hybridized carbons (Fsp3) is 0.280. The van der Waals surface area contributed by atoms with E-state index >= 15 is 0 Å². The van der Waals surface area contributed by atoms with Gasteiger partial charge in [-0.25, -0.2) is 9.79 Å². The number of thiazole rings is 1. The molecule has 9 heteroatoms. The quantitative estimate of drug-likeness (QED) is 0.465. The summed E-state index contributed by atoms with van der Waals surface area (Å²) in [5.41, 5.74) is 2.11. The minimum atomic E-state index is -0.787. The van der Waals surface area contributed by atoms with E-state index in [-0.39, 0.29) is 12.2 Å². The molecule has 1 aliphatic heterocycles. The SMILES string of the molecule is CCCC1=C(C(=O)OCC)[C@H](c2cc(Cl)ccc2OC)n2c(s/c(=C/c3ccncc3)c2=O)=N1. The number of hydrogen-bond donors (Lipinski definition) is 0. The first-order valence-electron chi connectivity index (χ1n) is 10.9. The van der Waals surface area contributed by atoms with E-state index in [2.05, 4.69) is 4.98 Å². The number of methoxy groups -OCH3 is 1. The third-order valence-electron chi connectivity index (χ3n) is 5.38. The van der Waals surface area contributed by atoms with Gasteiger partial charge in [0.2, 0.25) is 0 Å². The van der Waals surface area contributed by atoms with Gasteiger partial charge in [-0.1, -0.05) is 36.3 Å². The molecule has 0 saturated carbocycles. The number of carbonyl (C=O) groups excluding carboxylic acids is 1.